The van der Waals surface area contributed by atoms with Gasteiger partial charge in [0.25, 0.3) is 0 Å². The van der Waals surface area contributed by atoms with Crippen molar-refractivity contribution in [1.82, 2.24) is 9.97 Å². The second kappa shape index (κ2) is 13.2. The minimum absolute atomic E-state index is 0.0379. The molecule has 10 heteroatoms. The van der Waals surface area contributed by atoms with Gasteiger partial charge in [-0.05, 0) is 35.4 Å². The summed E-state index contributed by atoms with van der Waals surface area (Å²) in [5.41, 5.74) is 10.5. The topological polar surface area (TPSA) is 166 Å². The molecule has 0 saturated carbocycles. The minimum Gasteiger partial charge on any atom is -0.478 e. The number of aromatic carboxylic acids is 1. The van der Waals surface area contributed by atoms with Gasteiger partial charge in [-0.15, -0.1) is 0 Å². The van der Waals surface area contributed by atoms with E-state index >= 15 is 0 Å². The molecule has 0 aliphatic carbocycles. The lowest BCUT2D eigenvalue weighted by Gasteiger charge is -2.19. The molecule has 1 atom stereocenters. The van der Waals surface area contributed by atoms with Crippen LogP contribution in [-0.2, 0) is 4.79 Å². The number of carbonyl (C=O) groups is 2. The van der Waals surface area contributed by atoms with E-state index in [1.54, 1.807) is 72.8 Å². The summed E-state index contributed by atoms with van der Waals surface area (Å²) in [4.78, 5) is 34.9. The van der Waals surface area contributed by atoms with Crippen molar-refractivity contribution in [3.8, 4) is 34.5 Å². The highest BCUT2D eigenvalue weighted by Crippen LogP contribution is 2.42. The largest absolute Gasteiger partial charge is 0.478 e. The number of anilines is 2. The number of nitrogen functional groups attached to an aromatic ring is 1. The van der Waals surface area contributed by atoms with Crippen molar-refractivity contribution >= 4 is 46.0 Å². The highest BCUT2D eigenvalue weighted by molar-refractivity contribution is 8.00. The minimum atomic E-state index is -1.05. The smallest absolute Gasteiger partial charge is 0.336 e. The predicted molar refractivity (Wildman–Crippen MR) is 181 cm³/mol. The zero-order chi connectivity index (χ0) is 32.9. The van der Waals surface area contributed by atoms with Crippen molar-refractivity contribution in [2.24, 2.45) is 0 Å². The first kappa shape index (κ1) is 30.5. The number of carboxylic acids is 1. The monoisotopic (exact) mass is 632 g/mol. The second-order valence-electron chi connectivity index (χ2n) is 10.4. The summed E-state index contributed by atoms with van der Waals surface area (Å²) in [5, 5.41) is 32.8. The molecule has 2 aromatic heterocycles. The zero-order valence-electron chi connectivity index (χ0n) is 24.6. The van der Waals surface area contributed by atoms with Gasteiger partial charge in [0, 0.05) is 22.2 Å². The number of nitrogens with one attached hydrogen (secondary N) is 1. The van der Waals surface area contributed by atoms with Crippen LogP contribution in [0.5, 0.6) is 0 Å². The molecule has 0 aliphatic rings. The number of nitrogens with zero attached hydrogens (tertiary/aromatic N) is 4. The lowest BCUT2D eigenvalue weighted by Crippen LogP contribution is -2.19. The lowest BCUT2D eigenvalue weighted by atomic mass is 9.97. The number of hydrogen-bond acceptors (Lipinski definition) is 8. The van der Waals surface area contributed by atoms with E-state index in [1.807, 2.05) is 36.4 Å². The molecule has 0 fully saturated rings. The van der Waals surface area contributed by atoms with Gasteiger partial charge in [-0.25, -0.2) is 14.8 Å². The molecule has 0 radical (unpaired) electrons. The molecule has 226 valence electrons. The summed E-state index contributed by atoms with van der Waals surface area (Å²) in [6, 6.07) is 37.9. The Hall–Kier alpha value is -6.49. The van der Waals surface area contributed by atoms with Gasteiger partial charge in [-0.1, -0.05) is 103 Å². The molecular formula is C37H24N6O3S. The number of thioether (sulfide) groups is 1. The summed E-state index contributed by atoms with van der Waals surface area (Å²) in [6.07, 6.45) is 0. The molecule has 0 saturated heterocycles. The van der Waals surface area contributed by atoms with E-state index < -0.39 is 11.2 Å². The number of rotatable bonds is 8. The Morgan fingerprint density at radius 1 is 0.787 bits per heavy atom. The van der Waals surface area contributed by atoms with Gasteiger partial charge < -0.3 is 16.2 Å². The molecular weight excluding hydrogens is 609 g/mol. The Balaban J connectivity index is 1.33. The third kappa shape index (κ3) is 6.22. The van der Waals surface area contributed by atoms with Crippen LogP contribution in [0.3, 0.4) is 0 Å². The first-order valence-corrected chi connectivity index (χ1v) is 15.2. The number of benzene rings is 4. The van der Waals surface area contributed by atoms with Crippen LogP contribution in [0.15, 0.2) is 120 Å². The standard InChI is InChI=1S/C37H24N6O3S/c38-20-28-32(23-9-3-1-4-10-23)29(21-39)36(43-34(28)40)47-33(24-11-5-2-6-12-24)35(44)41-25-17-15-22(16-18-25)31-19-27(37(45)46)26-13-7-8-14-30(26)42-31/h1-19,33H,(H2,40,43)(H,41,44)(H,45,46). The number of carbonyl (C=O) groups excluding carboxylic acids is 1. The number of nitrogens with two attached hydrogens (primary N) is 1. The Morgan fingerprint density at radius 3 is 2.09 bits per heavy atom. The van der Waals surface area contributed by atoms with Crippen molar-refractivity contribution in [3.63, 3.8) is 0 Å². The Labute approximate surface area is 274 Å². The van der Waals surface area contributed by atoms with Crippen molar-refractivity contribution < 1.29 is 14.7 Å². The number of fused-ring (bicyclic) bond motifs is 1. The van der Waals surface area contributed by atoms with Crippen LogP contribution < -0.4 is 11.1 Å². The number of para-hydroxylation sites is 1. The van der Waals surface area contributed by atoms with E-state index in [-0.39, 0.29) is 33.4 Å². The highest BCUT2D eigenvalue weighted by atomic mass is 32.2. The number of nitriles is 2. The molecule has 2 heterocycles. The molecule has 4 aromatic carbocycles. The van der Waals surface area contributed by atoms with Gasteiger partial charge in [-0.2, -0.15) is 10.5 Å². The molecule has 6 aromatic rings. The summed E-state index contributed by atoms with van der Waals surface area (Å²) in [7, 11) is 0. The zero-order valence-corrected chi connectivity index (χ0v) is 25.4. The number of aromatic nitrogens is 2. The maximum Gasteiger partial charge on any atom is 0.336 e. The fourth-order valence-electron chi connectivity index (χ4n) is 5.22. The number of carboxylic acid groups (broad SMARTS) is 1. The molecule has 0 aliphatic heterocycles. The Bertz CT molecular complexity index is 2230. The molecule has 1 unspecified atom stereocenters. The van der Waals surface area contributed by atoms with Gasteiger partial charge >= 0.3 is 5.97 Å². The van der Waals surface area contributed by atoms with Gasteiger partial charge in [0.15, 0.2) is 0 Å². The molecule has 1 amide bonds. The van der Waals surface area contributed by atoms with Crippen molar-refractivity contribution in [1.29, 1.82) is 10.5 Å². The van der Waals surface area contributed by atoms with E-state index in [4.69, 9.17) is 5.73 Å². The van der Waals surface area contributed by atoms with Gasteiger partial charge in [-0.3, -0.25) is 4.79 Å². The molecule has 9 nitrogen and oxygen atoms in total. The molecule has 0 spiro atoms. The summed E-state index contributed by atoms with van der Waals surface area (Å²) < 4.78 is 0. The predicted octanol–water partition coefficient (Wildman–Crippen LogP) is 7.46. The van der Waals surface area contributed by atoms with E-state index in [1.165, 1.54) is 6.07 Å². The van der Waals surface area contributed by atoms with Crippen LogP contribution >= 0.6 is 11.8 Å². The van der Waals surface area contributed by atoms with E-state index in [0.717, 1.165) is 11.8 Å². The van der Waals surface area contributed by atoms with E-state index in [2.05, 4.69) is 27.4 Å². The molecule has 47 heavy (non-hydrogen) atoms. The van der Waals surface area contributed by atoms with Crippen LogP contribution in [0, 0.1) is 22.7 Å². The fraction of sp³-hybridized carbons (Fsp3) is 0.0270. The highest BCUT2D eigenvalue weighted by Gasteiger charge is 2.28. The van der Waals surface area contributed by atoms with Crippen molar-refractivity contribution in [2.45, 2.75) is 10.3 Å². The maximum atomic E-state index is 13.9. The Kier molecular flexibility index (Phi) is 8.60. The van der Waals surface area contributed by atoms with Crippen LogP contribution in [0.1, 0.15) is 32.3 Å². The van der Waals surface area contributed by atoms with Crippen LogP contribution in [-0.4, -0.2) is 27.0 Å². The number of amides is 1. The van der Waals surface area contributed by atoms with Gasteiger partial charge in [0.1, 0.15) is 33.8 Å². The van der Waals surface area contributed by atoms with Crippen molar-refractivity contribution in [2.75, 3.05) is 11.1 Å². The molecule has 0 bridgehead atoms. The van der Waals surface area contributed by atoms with Crippen LogP contribution in [0.25, 0.3) is 33.3 Å². The average Bonchev–Trinajstić information content (AvgIpc) is 3.10. The summed E-state index contributed by atoms with van der Waals surface area (Å²) in [6.45, 7) is 0. The lowest BCUT2D eigenvalue weighted by molar-refractivity contribution is -0.115. The maximum absolute atomic E-state index is 13.9. The fourth-order valence-corrected chi connectivity index (χ4v) is 6.32. The SMILES string of the molecule is N#Cc1c(N)nc(SC(C(=O)Nc2ccc(-c3cc(C(=O)O)c4ccccc4n3)cc2)c2ccccc2)c(C#N)c1-c1ccccc1. The van der Waals surface area contributed by atoms with Crippen molar-refractivity contribution in [3.05, 3.63) is 138 Å². The normalized spacial score (nSPS) is 11.3. The van der Waals surface area contributed by atoms with Crippen LogP contribution in [0.4, 0.5) is 11.5 Å². The first-order valence-electron chi connectivity index (χ1n) is 14.3. The first-order chi connectivity index (χ1) is 22.9. The van der Waals surface area contributed by atoms with Crippen LogP contribution in [0.2, 0.25) is 0 Å². The number of pyridine rings is 2. The molecule has 4 N–H and O–H groups in total. The summed E-state index contributed by atoms with van der Waals surface area (Å²) in [5.74, 6) is -1.46. The second-order valence-corrected chi connectivity index (χ2v) is 11.5. The van der Waals surface area contributed by atoms with E-state index in [0.29, 0.717) is 44.5 Å². The van der Waals surface area contributed by atoms with Gasteiger partial charge in [0.2, 0.25) is 5.91 Å². The Morgan fingerprint density at radius 2 is 1.43 bits per heavy atom. The average molecular weight is 633 g/mol. The third-order valence-corrected chi connectivity index (χ3v) is 8.68. The molecule has 6 rings (SSSR count). The quantitative estimate of drug-likeness (QED) is 0.144. The van der Waals surface area contributed by atoms with Gasteiger partial charge in [0.05, 0.1) is 22.3 Å². The third-order valence-electron chi connectivity index (χ3n) is 7.44. The number of hydrogen-bond donors (Lipinski definition) is 3. The summed E-state index contributed by atoms with van der Waals surface area (Å²) >= 11 is 1.07. The van der Waals surface area contributed by atoms with E-state index in [9.17, 15) is 25.2 Å².